The SMILES string of the molecule is CN=C(NCC(C)N1CCN(c2ccccc2)CC1)N1CCN(c2ccccn2)CC1. The molecule has 0 aliphatic carbocycles. The van der Waals surface area contributed by atoms with Crippen LogP contribution in [-0.4, -0.2) is 92.7 Å². The fourth-order valence-corrected chi connectivity index (χ4v) is 4.45. The topological polar surface area (TPSA) is 50.2 Å². The van der Waals surface area contributed by atoms with Gasteiger partial charge in [0.15, 0.2) is 5.96 Å². The molecule has 2 aliphatic heterocycles. The monoisotopic (exact) mass is 421 g/mol. The number of benzene rings is 1. The molecule has 7 heteroatoms. The maximum Gasteiger partial charge on any atom is 0.193 e. The normalized spacial score (nSPS) is 19.4. The maximum absolute atomic E-state index is 4.55. The van der Waals surface area contributed by atoms with Gasteiger partial charge in [0.1, 0.15) is 5.82 Å². The average Bonchev–Trinajstić information content (AvgIpc) is 2.86. The molecule has 1 atom stereocenters. The van der Waals surface area contributed by atoms with Crippen LogP contribution in [0.2, 0.25) is 0 Å². The van der Waals surface area contributed by atoms with Crippen molar-refractivity contribution in [2.75, 3.05) is 75.8 Å². The molecule has 0 radical (unpaired) electrons. The van der Waals surface area contributed by atoms with E-state index in [9.17, 15) is 0 Å². The third-order valence-electron chi connectivity index (χ3n) is 6.38. The molecule has 0 amide bonds. The third-order valence-corrected chi connectivity index (χ3v) is 6.38. The highest BCUT2D eigenvalue weighted by atomic mass is 15.4. The molecule has 4 rings (SSSR count). The lowest BCUT2D eigenvalue weighted by atomic mass is 10.2. The number of pyridine rings is 1. The lowest BCUT2D eigenvalue weighted by Gasteiger charge is -2.40. The van der Waals surface area contributed by atoms with Gasteiger partial charge in [0, 0.05) is 83.9 Å². The van der Waals surface area contributed by atoms with Crippen LogP contribution in [0.4, 0.5) is 11.5 Å². The maximum atomic E-state index is 4.55. The summed E-state index contributed by atoms with van der Waals surface area (Å²) in [6, 6.07) is 17.3. The molecule has 2 saturated heterocycles. The van der Waals surface area contributed by atoms with Crippen LogP contribution < -0.4 is 15.1 Å². The second-order valence-corrected chi connectivity index (χ2v) is 8.30. The van der Waals surface area contributed by atoms with Crippen LogP contribution >= 0.6 is 0 Å². The van der Waals surface area contributed by atoms with Gasteiger partial charge >= 0.3 is 0 Å². The number of hydrogen-bond acceptors (Lipinski definition) is 5. The minimum absolute atomic E-state index is 0.476. The van der Waals surface area contributed by atoms with Crippen molar-refractivity contribution < 1.29 is 0 Å². The van der Waals surface area contributed by atoms with Crippen molar-refractivity contribution in [2.45, 2.75) is 13.0 Å². The zero-order valence-corrected chi connectivity index (χ0v) is 18.8. The van der Waals surface area contributed by atoms with Crippen LogP contribution in [0.15, 0.2) is 59.7 Å². The van der Waals surface area contributed by atoms with Crippen LogP contribution in [0.1, 0.15) is 6.92 Å². The number of piperazine rings is 2. The van der Waals surface area contributed by atoms with Gasteiger partial charge in [-0.25, -0.2) is 4.98 Å². The molecule has 7 nitrogen and oxygen atoms in total. The molecule has 166 valence electrons. The number of nitrogens with one attached hydrogen (secondary N) is 1. The average molecular weight is 422 g/mol. The smallest absolute Gasteiger partial charge is 0.193 e. The molecule has 1 unspecified atom stereocenters. The second kappa shape index (κ2) is 10.5. The first-order valence-electron chi connectivity index (χ1n) is 11.4. The first kappa shape index (κ1) is 21.4. The van der Waals surface area contributed by atoms with Gasteiger partial charge in [-0.2, -0.15) is 0 Å². The van der Waals surface area contributed by atoms with E-state index in [-0.39, 0.29) is 0 Å². The van der Waals surface area contributed by atoms with E-state index >= 15 is 0 Å². The summed E-state index contributed by atoms with van der Waals surface area (Å²) < 4.78 is 0. The van der Waals surface area contributed by atoms with E-state index < -0.39 is 0 Å². The zero-order valence-electron chi connectivity index (χ0n) is 18.8. The van der Waals surface area contributed by atoms with Crippen molar-refractivity contribution in [3.8, 4) is 0 Å². The quantitative estimate of drug-likeness (QED) is 0.589. The molecule has 1 N–H and O–H groups in total. The summed E-state index contributed by atoms with van der Waals surface area (Å²) in [4.78, 5) is 18.8. The number of aromatic nitrogens is 1. The van der Waals surface area contributed by atoms with Crippen LogP contribution in [0, 0.1) is 0 Å². The minimum atomic E-state index is 0.476. The first-order chi connectivity index (χ1) is 15.2. The van der Waals surface area contributed by atoms with Crippen molar-refractivity contribution in [2.24, 2.45) is 4.99 Å². The van der Waals surface area contributed by atoms with Gasteiger partial charge in [0.2, 0.25) is 0 Å². The number of para-hydroxylation sites is 1. The van der Waals surface area contributed by atoms with Crippen molar-refractivity contribution in [3.05, 3.63) is 54.7 Å². The van der Waals surface area contributed by atoms with E-state index in [1.165, 1.54) is 5.69 Å². The van der Waals surface area contributed by atoms with E-state index in [0.717, 1.165) is 70.7 Å². The molecule has 1 aromatic carbocycles. The Kier molecular flexibility index (Phi) is 7.25. The van der Waals surface area contributed by atoms with E-state index in [1.807, 2.05) is 19.3 Å². The molecule has 0 spiro atoms. The molecule has 0 saturated carbocycles. The van der Waals surface area contributed by atoms with Gasteiger partial charge in [0.05, 0.1) is 0 Å². The Hall–Kier alpha value is -2.80. The summed E-state index contributed by atoms with van der Waals surface area (Å²) >= 11 is 0. The predicted molar refractivity (Wildman–Crippen MR) is 129 cm³/mol. The largest absolute Gasteiger partial charge is 0.369 e. The lowest BCUT2D eigenvalue weighted by Crippen LogP contribution is -2.56. The summed E-state index contributed by atoms with van der Waals surface area (Å²) in [6.07, 6.45) is 1.86. The molecule has 2 aliphatic rings. The summed E-state index contributed by atoms with van der Waals surface area (Å²) in [5.41, 5.74) is 1.33. The Bertz CT molecular complexity index is 810. The summed E-state index contributed by atoms with van der Waals surface area (Å²) in [6.45, 7) is 11.4. The van der Waals surface area contributed by atoms with Gasteiger partial charge in [-0.1, -0.05) is 24.3 Å². The van der Waals surface area contributed by atoms with Gasteiger partial charge in [-0.3, -0.25) is 9.89 Å². The number of aliphatic imine (C=N–C) groups is 1. The van der Waals surface area contributed by atoms with Gasteiger partial charge in [-0.15, -0.1) is 0 Å². The van der Waals surface area contributed by atoms with E-state index in [0.29, 0.717) is 6.04 Å². The van der Waals surface area contributed by atoms with Crippen LogP contribution in [0.25, 0.3) is 0 Å². The van der Waals surface area contributed by atoms with Crippen LogP contribution in [0.5, 0.6) is 0 Å². The molecule has 0 bridgehead atoms. The number of hydrogen-bond donors (Lipinski definition) is 1. The number of rotatable bonds is 5. The Morgan fingerprint density at radius 3 is 2.23 bits per heavy atom. The van der Waals surface area contributed by atoms with Crippen molar-refractivity contribution in [1.82, 2.24) is 20.1 Å². The van der Waals surface area contributed by atoms with Crippen molar-refractivity contribution in [3.63, 3.8) is 0 Å². The number of nitrogens with zero attached hydrogens (tertiary/aromatic N) is 6. The van der Waals surface area contributed by atoms with E-state index in [4.69, 9.17) is 0 Å². The second-order valence-electron chi connectivity index (χ2n) is 8.30. The highest BCUT2D eigenvalue weighted by Gasteiger charge is 2.23. The fraction of sp³-hybridized carbons (Fsp3) is 0.500. The van der Waals surface area contributed by atoms with Gasteiger partial charge < -0.3 is 20.0 Å². The fourth-order valence-electron chi connectivity index (χ4n) is 4.45. The summed E-state index contributed by atoms with van der Waals surface area (Å²) in [5.74, 6) is 2.07. The Morgan fingerprint density at radius 1 is 0.903 bits per heavy atom. The first-order valence-corrected chi connectivity index (χ1v) is 11.4. The van der Waals surface area contributed by atoms with Crippen LogP contribution in [-0.2, 0) is 0 Å². The van der Waals surface area contributed by atoms with Gasteiger partial charge in [-0.05, 0) is 31.2 Å². The third kappa shape index (κ3) is 5.47. The highest BCUT2D eigenvalue weighted by Crippen LogP contribution is 2.17. The van der Waals surface area contributed by atoms with Crippen molar-refractivity contribution >= 4 is 17.5 Å². The Labute approximate surface area is 186 Å². The highest BCUT2D eigenvalue weighted by molar-refractivity contribution is 5.80. The molecular weight excluding hydrogens is 386 g/mol. The van der Waals surface area contributed by atoms with E-state index in [1.54, 1.807) is 0 Å². The molecular formula is C24H35N7. The van der Waals surface area contributed by atoms with E-state index in [2.05, 4.69) is 84.3 Å². The zero-order chi connectivity index (χ0) is 21.5. The Morgan fingerprint density at radius 2 is 1.58 bits per heavy atom. The number of guanidine groups is 1. The Balaban J connectivity index is 1.21. The lowest BCUT2D eigenvalue weighted by molar-refractivity contribution is 0.196. The van der Waals surface area contributed by atoms with Crippen LogP contribution in [0.3, 0.4) is 0 Å². The predicted octanol–water partition coefficient (Wildman–Crippen LogP) is 1.99. The summed E-state index contributed by atoms with van der Waals surface area (Å²) in [5, 5.41) is 3.62. The molecule has 2 aromatic rings. The van der Waals surface area contributed by atoms with Gasteiger partial charge in [0.25, 0.3) is 0 Å². The molecule has 31 heavy (non-hydrogen) atoms. The molecule has 3 heterocycles. The molecule has 1 aromatic heterocycles. The molecule has 2 fully saturated rings. The summed E-state index contributed by atoms with van der Waals surface area (Å²) in [7, 11) is 1.89. The number of anilines is 2. The minimum Gasteiger partial charge on any atom is -0.369 e. The van der Waals surface area contributed by atoms with Crippen molar-refractivity contribution in [1.29, 1.82) is 0 Å². The standard InChI is InChI=1S/C24H35N7/c1-21(28-12-14-29(15-13-28)22-8-4-3-5-9-22)20-27-24(25-2)31-18-16-30(17-19-31)23-10-6-7-11-26-23/h3-11,21H,12-20H2,1-2H3,(H,25,27).